The van der Waals surface area contributed by atoms with Gasteiger partial charge in [-0.25, -0.2) is 0 Å². The van der Waals surface area contributed by atoms with Crippen molar-refractivity contribution in [3.05, 3.63) is 46.5 Å². The fourth-order valence-corrected chi connectivity index (χ4v) is 3.18. The monoisotopic (exact) mass is 354 g/mol. The van der Waals surface area contributed by atoms with E-state index in [-0.39, 0.29) is 12.2 Å². The number of benzene rings is 2. The first kappa shape index (κ1) is 17.4. The average molecular weight is 354 g/mol. The Morgan fingerprint density at radius 2 is 1.08 bits per heavy atom. The van der Waals surface area contributed by atoms with Crippen molar-refractivity contribution >= 4 is 0 Å². The summed E-state index contributed by atoms with van der Waals surface area (Å²) >= 11 is 0. The summed E-state index contributed by atoms with van der Waals surface area (Å²) in [6.45, 7) is 11.5. The second-order valence-electron chi connectivity index (χ2n) is 7.26. The minimum atomic E-state index is 0.271. The molecule has 26 heavy (non-hydrogen) atoms. The van der Waals surface area contributed by atoms with Crippen molar-refractivity contribution in [3.8, 4) is 22.6 Å². The molecule has 0 N–H and O–H groups in total. The SMILES string of the molecule is Cc1c(OCC2CO2)ccc(-c2ccc(OCC3CO3)c(C)c2C)c1C. The molecule has 2 aromatic carbocycles. The van der Waals surface area contributed by atoms with E-state index in [1.807, 2.05) is 0 Å². The van der Waals surface area contributed by atoms with Gasteiger partial charge in [0.05, 0.1) is 13.2 Å². The van der Waals surface area contributed by atoms with E-state index in [1.165, 1.54) is 33.4 Å². The highest BCUT2D eigenvalue weighted by atomic mass is 16.6. The fourth-order valence-electron chi connectivity index (χ4n) is 3.18. The Hall–Kier alpha value is -2.04. The molecular weight excluding hydrogens is 328 g/mol. The van der Waals surface area contributed by atoms with E-state index in [4.69, 9.17) is 18.9 Å². The van der Waals surface area contributed by atoms with Crippen LogP contribution in [0.25, 0.3) is 11.1 Å². The van der Waals surface area contributed by atoms with Crippen LogP contribution < -0.4 is 9.47 Å². The Bertz CT molecular complexity index is 750. The van der Waals surface area contributed by atoms with Crippen LogP contribution in [0.2, 0.25) is 0 Å². The van der Waals surface area contributed by atoms with Crippen LogP contribution in [-0.4, -0.2) is 38.6 Å². The topological polar surface area (TPSA) is 43.5 Å². The zero-order valence-electron chi connectivity index (χ0n) is 15.9. The molecule has 0 saturated carbocycles. The number of epoxide rings is 2. The minimum absolute atomic E-state index is 0.271. The Morgan fingerprint density at radius 1 is 0.692 bits per heavy atom. The van der Waals surface area contributed by atoms with Gasteiger partial charge in [-0.3, -0.25) is 0 Å². The van der Waals surface area contributed by atoms with Crippen LogP contribution in [0.4, 0.5) is 0 Å². The second kappa shape index (κ2) is 6.93. The first-order valence-electron chi connectivity index (χ1n) is 9.24. The molecule has 2 heterocycles. The smallest absolute Gasteiger partial charge is 0.122 e. The maximum absolute atomic E-state index is 5.91. The molecule has 2 saturated heterocycles. The molecule has 2 atom stereocenters. The Labute approximate surface area is 155 Å². The standard InChI is InChI=1S/C22H26O4/c1-13-15(3)21(25-11-17-9-23-17)7-5-19(13)20-6-8-22(16(4)14(20)2)26-12-18-10-24-18/h5-8,17-18H,9-12H2,1-4H3. The van der Waals surface area contributed by atoms with Crippen molar-refractivity contribution in [2.75, 3.05) is 26.4 Å². The molecule has 0 aliphatic carbocycles. The normalized spacial score (nSPS) is 20.8. The van der Waals surface area contributed by atoms with Crippen LogP contribution in [-0.2, 0) is 9.47 Å². The van der Waals surface area contributed by atoms with Crippen molar-refractivity contribution in [1.29, 1.82) is 0 Å². The number of rotatable bonds is 7. The molecule has 2 aromatic rings. The van der Waals surface area contributed by atoms with Gasteiger partial charge in [0.2, 0.25) is 0 Å². The van der Waals surface area contributed by atoms with Crippen LogP contribution in [0.1, 0.15) is 22.3 Å². The molecular formula is C22H26O4. The molecule has 2 unspecified atom stereocenters. The van der Waals surface area contributed by atoms with Gasteiger partial charge in [0.25, 0.3) is 0 Å². The van der Waals surface area contributed by atoms with Crippen LogP contribution in [0.15, 0.2) is 24.3 Å². The van der Waals surface area contributed by atoms with Gasteiger partial charge < -0.3 is 18.9 Å². The van der Waals surface area contributed by atoms with E-state index in [1.54, 1.807) is 0 Å². The Morgan fingerprint density at radius 3 is 1.42 bits per heavy atom. The lowest BCUT2D eigenvalue weighted by molar-refractivity contribution is 0.261. The summed E-state index contributed by atoms with van der Waals surface area (Å²) in [4.78, 5) is 0. The molecule has 4 heteroatoms. The van der Waals surface area contributed by atoms with Crippen molar-refractivity contribution < 1.29 is 18.9 Å². The third kappa shape index (κ3) is 3.57. The second-order valence-corrected chi connectivity index (χ2v) is 7.26. The molecule has 0 amide bonds. The van der Waals surface area contributed by atoms with Crippen molar-refractivity contribution in [1.82, 2.24) is 0 Å². The van der Waals surface area contributed by atoms with Gasteiger partial charge in [0.15, 0.2) is 0 Å². The fraction of sp³-hybridized carbons (Fsp3) is 0.455. The van der Waals surface area contributed by atoms with E-state index in [2.05, 4.69) is 52.0 Å². The summed E-state index contributed by atoms with van der Waals surface area (Å²) in [6.07, 6.45) is 0.542. The molecule has 0 radical (unpaired) electrons. The van der Waals surface area contributed by atoms with Crippen molar-refractivity contribution in [3.63, 3.8) is 0 Å². The van der Waals surface area contributed by atoms with E-state index >= 15 is 0 Å². The van der Waals surface area contributed by atoms with Gasteiger partial charge in [-0.15, -0.1) is 0 Å². The van der Waals surface area contributed by atoms with Crippen LogP contribution in [0, 0.1) is 27.7 Å². The predicted octanol–water partition coefficient (Wildman–Crippen LogP) is 4.14. The summed E-state index contributed by atoms with van der Waals surface area (Å²) in [5.74, 6) is 1.89. The molecule has 138 valence electrons. The zero-order valence-corrected chi connectivity index (χ0v) is 15.9. The first-order valence-corrected chi connectivity index (χ1v) is 9.24. The van der Waals surface area contributed by atoms with Gasteiger partial charge in [-0.2, -0.15) is 0 Å². The Kier molecular flexibility index (Phi) is 4.63. The summed E-state index contributed by atoms with van der Waals surface area (Å²) < 4.78 is 22.3. The van der Waals surface area contributed by atoms with Gasteiger partial charge >= 0.3 is 0 Å². The highest BCUT2D eigenvalue weighted by Crippen LogP contribution is 2.36. The highest BCUT2D eigenvalue weighted by molar-refractivity contribution is 5.74. The highest BCUT2D eigenvalue weighted by Gasteiger charge is 2.24. The lowest BCUT2D eigenvalue weighted by atomic mass is 9.91. The Balaban J connectivity index is 1.59. The summed E-state index contributed by atoms with van der Waals surface area (Å²) in [5.41, 5.74) is 7.37. The van der Waals surface area contributed by atoms with E-state index in [9.17, 15) is 0 Å². The molecule has 2 aliphatic rings. The van der Waals surface area contributed by atoms with Gasteiger partial charge in [-0.05, 0) is 73.2 Å². The zero-order chi connectivity index (χ0) is 18.3. The van der Waals surface area contributed by atoms with Crippen molar-refractivity contribution in [2.45, 2.75) is 39.9 Å². The molecule has 0 bridgehead atoms. The van der Waals surface area contributed by atoms with Gasteiger partial charge in [-0.1, -0.05) is 12.1 Å². The lowest BCUT2D eigenvalue weighted by Crippen LogP contribution is -2.07. The lowest BCUT2D eigenvalue weighted by Gasteiger charge is -2.18. The van der Waals surface area contributed by atoms with E-state index in [0.717, 1.165) is 24.7 Å². The molecule has 4 nitrogen and oxygen atoms in total. The molecule has 4 rings (SSSR count). The molecule has 0 aromatic heterocycles. The molecule has 2 aliphatic heterocycles. The maximum atomic E-state index is 5.91. The van der Waals surface area contributed by atoms with Gasteiger partial charge in [0, 0.05) is 0 Å². The summed E-state index contributed by atoms with van der Waals surface area (Å²) in [7, 11) is 0. The quantitative estimate of drug-likeness (QED) is 0.701. The molecule has 0 spiro atoms. The molecule has 2 fully saturated rings. The average Bonchev–Trinajstić information content (AvgIpc) is 3.53. The van der Waals surface area contributed by atoms with Crippen LogP contribution >= 0.6 is 0 Å². The minimum Gasteiger partial charge on any atom is -0.491 e. The number of ether oxygens (including phenoxy) is 4. The number of hydrogen-bond acceptors (Lipinski definition) is 4. The third-order valence-electron chi connectivity index (χ3n) is 5.42. The summed E-state index contributed by atoms with van der Waals surface area (Å²) in [5, 5.41) is 0. The largest absolute Gasteiger partial charge is 0.491 e. The predicted molar refractivity (Wildman–Crippen MR) is 101 cm³/mol. The van der Waals surface area contributed by atoms with E-state index < -0.39 is 0 Å². The maximum Gasteiger partial charge on any atom is 0.122 e. The number of hydrogen-bond donors (Lipinski definition) is 0. The van der Waals surface area contributed by atoms with Crippen LogP contribution in [0.3, 0.4) is 0 Å². The summed E-state index contributed by atoms with van der Waals surface area (Å²) in [6, 6.07) is 8.46. The first-order chi connectivity index (χ1) is 12.5. The van der Waals surface area contributed by atoms with E-state index in [0.29, 0.717) is 13.2 Å². The third-order valence-corrected chi connectivity index (χ3v) is 5.42. The van der Waals surface area contributed by atoms with Gasteiger partial charge in [0.1, 0.15) is 36.9 Å². The van der Waals surface area contributed by atoms with Crippen molar-refractivity contribution in [2.24, 2.45) is 0 Å². The van der Waals surface area contributed by atoms with Crippen LogP contribution in [0.5, 0.6) is 11.5 Å².